The molecule has 0 N–H and O–H groups in total. The molecule has 0 atom stereocenters. The molecule has 3 fully saturated rings. The fraction of sp³-hybridized carbons (Fsp3) is 0.474. The van der Waals surface area contributed by atoms with Gasteiger partial charge in [-0.25, -0.2) is 0 Å². The highest BCUT2D eigenvalue weighted by molar-refractivity contribution is 6.62. The Kier molecular flexibility index (Phi) is 6.96. The van der Waals surface area contributed by atoms with Crippen molar-refractivity contribution in [3.05, 3.63) is 95.1 Å². The lowest BCUT2D eigenvalue weighted by Crippen LogP contribution is -2.41. The van der Waals surface area contributed by atoms with E-state index in [9.17, 15) is 0 Å². The minimum absolute atomic E-state index is 0.0143. The van der Waals surface area contributed by atoms with Gasteiger partial charge in [0.15, 0.2) is 0 Å². The van der Waals surface area contributed by atoms with Crippen molar-refractivity contribution in [1.82, 2.24) is 0 Å². The van der Waals surface area contributed by atoms with Crippen LogP contribution < -0.4 is 10.9 Å². The molecule has 2 aliphatic carbocycles. The molecule has 4 aliphatic rings. The molecule has 7 rings (SSSR count). The maximum atomic E-state index is 6.39. The van der Waals surface area contributed by atoms with Gasteiger partial charge in [-0.15, -0.1) is 0 Å². The summed E-state index contributed by atoms with van der Waals surface area (Å²) in [5.74, 6) is 0. The van der Waals surface area contributed by atoms with E-state index < -0.39 is 0 Å². The Morgan fingerprint density at radius 2 is 0.932 bits per heavy atom. The van der Waals surface area contributed by atoms with Crippen molar-refractivity contribution in [2.24, 2.45) is 0 Å². The molecule has 3 aromatic rings. The quantitative estimate of drug-likeness (QED) is 0.297. The summed E-state index contributed by atoms with van der Waals surface area (Å²) in [6.45, 7) is 16.9. The van der Waals surface area contributed by atoms with Crippen molar-refractivity contribution in [2.45, 2.75) is 115 Å². The summed E-state index contributed by atoms with van der Waals surface area (Å²) < 4.78 is 25.5. The lowest BCUT2D eigenvalue weighted by atomic mass is 9.65. The van der Waals surface area contributed by atoms with E-state index in [1.54, 1.807) is 0 Å². The minimum Gasteiger partial charge on any atom is -0.399 e. The van der Waals surface area contributed by atoms with Crippen LogP contribution in [0.25, 0.3) is 11.1 Å². The standard InChI is InChI=1S/C38H46B2O4/c1-34(2)35(3,4)42-39(41-34)28-20-16-26(17-21-28)32-30-14-10-11-15-31(30)38(24-12-9-13-25-38)33(32)27-18-22-29(23-19-27)40-43-36(5,6)37(7,8)44-40/h10-11,14-23H,9,12-13,24-25H2,1-8H3. The fourth-order valence-electron chi connectivity index (χ4n) is 7.59. The molecule has 6 heteroatoms. The first-order valence-electron chi connectivity index (χ1n) is 16.5. The van der Waals surface area contributed by atoms with Gasteiger partial charge in [-0.3, -0.25) is 0 Å². The monoisotopic (exact) mass is 588 g/mol. The first kappa shape index (κ1) is 30.0. The van der Waals surface area contributed by atoms with Crippen LogP contribution in [0.5, 0.6) is 0 Å². The van der Waals surface area contributed by atoms with E-state index in [1.807, 2.05) is 0 Å². The van der Waals surface area contributed by atoms with E-state index in [4.69, 9.17) is 18.6 Å². The summed E-state index contributed by atoms with van der Waals surface area (Å²) in [5.41, 5.74) is 8.86. The number of hydrogen-bond donors (Lipinski definition) is 0. The van der Waals surface area contributed by atoms with Gasteiger partial charge in [0.25, 0.3) is 0 Å². The molecule has 2 saturated heterocycles. The van der Waals surface area contributed by atoms with Crippen molar-refractivity contribution >= 4 is 36.3 Å². The summed E-state index contributed by atoms with van der Waals surface area (Å²) >= 11 is 0. The second-order valence-corrected chi connectivity index (χ2v) is 15.4. The van der Waals surface area contributed by atoms with E-state index >= 15 is 0 Å². The Morgan fingerprint density at radius 3 is 1.41 bits per heavy atom. The fourth-order valence-corrected chi connectivity index (χ4v) is 7.59. The first-order valence-corrected chi connectivity index (χ1v) is 16.5. The van der Waals surface area contributed by atoms with Crippen molar-refractivity contribution in [1.29, 1.82) is 0 Å². The Balaban J connectivity index is 1.31. The van der Waals surface area contributed by atoms with Crippen molar-refractivity contribution in [2.75, 3.05) is 0 Å². The van der Waals surface area contributed by atoms with Crippen molar-refractivity contribution in [3.8, 4) is 0 Å². The Hall–Kier alpha value is -2.63. The average Bonchev–Trinajstić information content (AvgIpc) is 3.48. The Bertz CT molecular complexity index is 1560. The van der Waals surface area contributed by atoms with Gasteiger partial charge < -0.3 is 18.6 Å². The second kappa shape index (κ2) is 10.2. The lowest BCUT2D eigenvalue weighted by molar-refractivity contribution is 0.00578. The normalized spacial score (nSPS) is 24.3. The zero-order valence-corrected chi connectivity index (χ0v) is 27.8. The predicted octanol–water partition coefficient (Wildman–Crippen LogP) is 7.46. The zero-order valence-electron chi connectivity index (χ0n) is 27.8. The third-order valence-electron chi connectivity index (χ3n) is 11.6. The maximum Gasteiger partial charge on any atom is 0.494 e. The molecule has 1 saturated carbocycles. The van der Waals surface area contributed by atoms with Gasteiger partial charge in [-0.1, -0.05) is 92.1 Å². The molecule has 2 heterocycles. The summed E-state index contributed by atoms with van der Waals surface area (Å²) in [6, 6.07) is 27.1. The predicted molar refractivity (Wildman–Crippen MR) is 181 cm³/mol. The van der Waals surface area contributed by atoms with Crippen LogP contribution in [0.15, 0.2) is 72.8 Å². The van der Waals surface area contributed by atoms with Crippen molar-refractivity contribution in [3.63, 3.8) is 0 Å². The van der Waals surface area contributed by atoms with Crippen LogP contribution in [-0.2, 0) is 24.0 Å². The number of fused-ring (bicyclic) bond motifs is 2. The van der Waals surface area contributed by atoms with E-state index in [1.165, 1.54) is 65.5 Å². The third-order valence-corrected chi connectivity index (χ3v) is 11.6. The van der Waals surface area contributed by atoms with Gasteiger partial charge in [-0.05, 0) is 113 Å². The van der Waals surface area contributed by atoms with Crippen LogP contribution in [0, 0.1) is 0 Å². The number of benzene rings is 3. The van der Waals surface area contributed by atoms with E-state index in [2.05, 4.69) is 128 Å². The molecule has 1 spiro atoms. The van der Waals surface area contributed by atoms with Crippen LogP contribution in [0.2, 0.25) is 0 Å². The molecular formula is C38H46B2O4. The summed E-state index contributed by atoms with van der Waals surface area (Å²) in [5, 5.41) is 0. The topological polar surface area (TPSA) is 36.9 Å². The van der Waals surface area contributed by atoms with Gasteiger partial charge in [0, 0.05) is 5.41 Å². The molecule has 4 nitrogen and oxygen atoms in total. The molecule has 0 bridgehead atoms. The average molecular weight is 588 g/mol. The molecule has 2 aliphatic heterocycles. The van der Waals surface area contributed by atoms with Crippen LogP contribution in [-0.4, -0.2) is 36.6 Å². The minimum atomic E-state index is -0.370. The first-order chi connectivity index (χ1) is 20.7. The van der Waals surface area contributed by atoms with Crippen LogP contribution in [0.1, 0.15) is 110 Å². The van der Waals surface area contributed by atoms with Gasteiger partial charge in [0.05, 0.1) is 22.4 Å². The van der Waals surface area contributed by atoms with Gasteiger partial charge in [0.2, 0.25) is 0 Å². The molecule has 0 unspecified atom stereocenters. The second-order valence-electron chi connectivity index (χ2n) is 15.4. The lowest BCUT2D eigenvalue weighted by Gasteiger charge is -2.38. The number of allylic oxidation sites excluding steroid dienone is 1. The number of rotatable bonds is 4. The summed E-state index contributed by atoms with van der Waals surface area (Å²) in [6.07, 6.45) is 6.15. The SMILES string of the molecule is CC1(C)OB(c2ccc(C3=C(c4ccc(B5OC(C)(C)C(C)(C)O5)cc4)C4(CCCCC4)c4ccccc43)cc2)OC1(C)C. The van der Waals surface area contributed by atoms with Gasteiger partial charge in [0.1, 0.15) is 0 Å². The molecule has 0 aromatic heterocycles. The number of hydrogen-bond acceptors (Lipinski definition) is 4. The Labute approximate surface area is 264 Å². The van der Waals surface area contributed by atoms with Crippen molar-refractivity contribution < 1.29 is 18.6 Å². The van der Waals surface area contributed by atoms with E-state index in [-0.39, 0.29) is 42.1 Å². The largest absolute Gasteiger partial charge is 0.494 e. The molecule has 3 aromatic carbocycles. The van der Waals surface area contributed by atoms with Crippen LogP contribution >= 0.6 is 0 Å². The molecule has 228 valence electrons. The van der Waals surface area contributed by atoms with Crippen LogP contribution in [0.4, 0.5) is 0 Å². The summed E-state index contributed by atoms with van der Waals surface area (Å²) in [4.78, 5) is 0. The molecular weight excluding hydrogens is 542 g/mol. The van der Waals surface area contributed by atoms with E-state index in [0.717, 1.165) is 10.9 Å². The Morgan fingerprint density at radius 1 is 0.500 bits per heavy atom. The van der Waals surface area contributed by atoms with Crippen LogP contribution in [0.3, 0.4) is 0 Å². The highest BCUT2D eigenvalue weighted by Gasteiger charge is 2.53. The highest BCUT2D eigenvalue weighted by atomic mass is 16.7. The molecule has 44 heavy (non-hydrogen) atoms. The molecule has 0 amide bonds. The third kappa shape index (κ3) is 4.59. The van der Waals surface area contributed by atoms with Gasteiger partial charge in [-0.2, -0.15) is 0 Å². The smallest absolute Gasteiger partial charge is 0.399 e. The summed E-state index contributed by atoms with van der Waals surface area (Å²) in [7, 11) is -0.736. The maximum absolute atomic E-state index is 6.39. The highest BCUT2D eigenvalue weighted by Crippen LogP contribution is 2.59. The van der Waals surface area contributed by atoms with E-state index in [0.29, 0.717) is 0 Å². The zero-order chi connectivity index (χ0) is 31.1. The molecule has 0 radical (unpaired) electrons. The van der Waals surface area contributed by atoms with Gasteiger partial charge >= 0.3 is 14.2 Å².